The Morgan fingerprint density at radius 2 is 1.05 bits per heavy atom. The molecule has 212 valence electrons. The van der Waals surface area contributed by atoms with Crippen molar-refractivity contribution in [1.82, 2.24) is 19.6 Å². The highest BCUT2D eigenvalue weighted by atomic mass is 16.5. The molecule has 40 heavy (non-hydrogen) atoms. The van der Waals surface area contributed by atoms with Gasteiger partial charge in [0.1, 0.15) is 0 Å². The number of carbonyl (C=O) groups excluding carboxylic acids is 1. The lowest BCUT2D eigenvalue weighted by Gasteiger charge is -2.44. The number of benzene rings is 3. The molecule has 0 saturated carbocycles. The van der Waals surface area contributed by atoms with Crippen molar-refractivity contribution in [3.05, 3.63) is 107 Å². The first-order chi connectivity index (χ1) is 19.5. The molecule has 2 aliphatic rings. The summed E-state index contributed by atoms with van der Waals surface area (Å²) in [5.41, 5.74) is 6.04. The minimum Gasteiger partial charge on any atom is -0.465 e. The molecule has 0 bridgehead atoms. The van der Waals surface area contributed by atoms with Crippen LogP contribution in [0.15, 0.2) is 78.9 Å². The molecule has 2 saturated heterocycles. The number of hydrogen-bond acceptors (Lipinski definition) is 6. The van der Waals surface area contributed by atoms with E-state index in [0.717, 1.165) is 65.4 Å². The standard InChI is InChI=1S/C34H44N4O2/c1-27-21-37(25-31-13-15-33(16-14-31)34(39)40-3)22-28(2)38(27)26-32-11-9-30(10-12-32)24-36-19-17-35(18-20-36)23-29-7-5-4-6-8-29/h4-16,27-28H,17-26H2,1-3H3/t27-,28+. The topological polar surface area (TPSA) is 39.3 Å². The van der Waals surface area contributed by atoms with Crippen LogP contribution in [0.25, 0.3) is 0 Å². The van der Waals surface area contributed by atoms with Gasteiger partial charge in [-0.05, 0) is 48.2 Å². The van der Waals surface area contributed by atoms with Crippen molar-refractivity contribution in [2.45, 2.75) is 52.1 Å². The zero-order chi connectivity index (χ0) is 27.9. The Kier molecular flexibility index (Phi) is 9.66. The number of nitrogens with zero attached hydrogens (tertiary/aromatic N) is 4. The van der Waals surface area contributed by atoms with Gasteiger partial charge in [-0.3, -0.25) is 19.6 Å². The van der Waals surface area contributed by atoms with Crippen LogP contribution in [0.5, 0.6) is 0 Å². The van der Waals surface area contributed by atoms with Crippen LogP contribution in [0.1, 0.15) is 46.5 Å². The predicted octanol–water partition coefficient (Wildman–Crippen LogP) is 4.89. The van der Waals surface area contributed by atoms with Crippen LogP contribution >= 0.6 is 0 Å². The van der Waals surface area contributed by atoms with E-state index in [9.17, 15) is 4.79 Å². The van der Waals surface area contributed by atoms with Crippen molar-refractivity contribution in [1.29, 1.82) is 0 Å². The molecule has 5 rings (SSSR count). The lowest BCUT2D eigenvalue weighted by atomic mass is 10.0. The van der Waals surface area contributed by atoms with Gasteiger partial charge in [0, 0.05) is 77.5 Å². The number of esters is 1. The maximum Gasteiger partial charge on any atom is 0.337 e. The van der Waals surface area contributed by atoms with Crippen LogP contribution in [-0.2, 0) is 30.9 Å². The lowest BCUT2D eigenvalue weighted by Crippen LogP contribution is -2.55. The Morgan fingerprint density at radius 1 is 0.625 bits per heavy atom. The Bertz CT molecular complexity index is 1190. The van der Waals surface area contributed by atoms with Crippen molar-refractivity contribution >= 4 is 5.97 Å². The van der Waals surface area contributed by atoms with Crippen LogP contribution in [0.2, 0.25) is 0 Å². The Hall–Kier alpha value is -3.03. The number of piperazine rings is 2. The SMILES string of the molecule is COC(=O)c1ccc(CN2C[C@@H](C)N(Cc3ccc(CN4CCN(Cc5ccccc5)CC4)cc3)[C@@H](C)C2)cc1. The molecule has 0 aromatic heterocycles. The molecule has 0 spiro atoms. The second kappa shape index (κ2) is 13.6. The third-order valence-corrected chi connectivity index (χ3v) is 8.47. The summed E-state index contributed by atoms with van der Waals surface area (Å²) in [6.45, 7) is 15.3. The Morgan fingerprint density at radius 3 is 1.55 bits per heavy atom. The van der Waals surface area contributed by atoms with Gasteiger partial charge in [0.25, 0.3) is 0 Å². The maximum atomic E-state index is 11.7. The summed E-state index contributed by atoms with van der Waals surface area (Å²) in [4.78, 5) is 22.0. The molecule has 2 atom stereocenters. The molecule has 0 aliphatic carbocycles. The Balaban J connectivity index is 1.07. The van der Waals surface area contributed by atoms with Crippen molar-refractivity contribution in [3.8, 4) is 0 Å². The van der Waals surface area contributed by atoms with Gasteiger partial charge in [-0.1, -0.05) is 66.7 Å². The first-order valence-corrected chi connectivity index (χ1v) is 14.7. The maximum absolute atomic E-state index is 11.7. The minimum atomic E-state index is -0.284. The smallest absolute Gasteiger partial charge is 0.337 e. The highest BCUT2D eigenvalue weighted by Gasteiger charge is 2.29. The fourth-order valence-corrected chi connectivity index (χ4v) is 6.20. The third-order valence-electron chi connectivity index (χ3n) is 8.47. The molecule has 0 unspecified atom stereocenters. The van der Waals surface area contributed by atoms with Gasteiger partial charge in [0.2, 0.25) is 0 Å². The number of methoxy groups -OCH3 is 1. The van der Waals surface area contributed by atoms with E-state index in [0.29, 0.717) is 17.6 Å². The highest BCUT2D eigenvalue weighted by Crippen LogP contribution is 2.22. The normalized spacial score (nSPS) is 21.4. The number of rotatable bonds is 9. The van der Waals surface area contributed by atoms with Gasteiger partial charge < -0.3 is 4.74 Å². The van der Waals surface area contributed by atoms with E-state index < -0.39 is 0 Å². The van der Waals surface area contributed by atoms with Gasteiger partial charge in [-0.15, -0.1) is 0 Å². The number of carbonyl (C=O) groups is 1. The summed E-state index contributed by atoms with van der Waals surface area (Å²) in [5, 5.41) is 0. The molecular formula is C34H44N4O2. The monoisotopic (exact) mass is 540 g/mol. The van der Waals surface area contributed by atoms with Gasteiger partial charge >= 0.3 is 5.97 Å². The van der Waals surface area contributed by atoms with E-state index >= 15 is 0 Å². The summed E-state index contributed by atoms with van der Waals surface area (Å²) >= 11 is 0. The number of ether oxygens (including phenoxy) is 1. The van der Waals surface area contributed by atoms with Gasteiger partial charge in [0.05, 0.1) is 12.7 Å². The zero-order valence-electron chi connectivity index (χ0n) is 24.3. The largest absolute Gasteiger partial charge is 0.465 e. The van der Waals surface area contributed by atoms with Gasteiger partial charge in [-0.2, -0.15) is 0 Å². The van der Waals surface area contributed by atoms with E-state index in [2.05, 4.69) is 88.0 Å². The minimum absolute atomic E-state index is 0.284. The van der Waals surface area contributed by atoms with E-state index in [1.54, 1.807) is 0 Å². The van der Waals surface area contributed by atoms with Crippen molar-refractivity contribution in [2.75, 3.05) is 46.4 Å². The van der Waals surface area contributed by atoms with E-state index in [1.165, 1.54) is 29.4 Å². The van der Waals surface area contributed by atoms with Crippen LogP contribution in [0.3, 0.4) is 0 Å². The molecule has 3 aromatic rings. The van der Waals surface area contributed by atoms with Crippen LogP contribution in [-0.4, -0.2) is 84.0 Å². The fourth-order valence-electron chi connectivity index (χ4n) is 6.20. The van der Waals surface area contributed by atoms with Gasteiger partial charge in [-0.25, -0.2) is 4.79 Å². The second-order valence-corrected chi connectivity index (χ2v) is 11.6. The fraction of sp³-hybridized carbons (Fsp3) is 0.441. The van der Waals surface area contributed by atoms with E-state index in [-0.39, 0.29) is 5.97 Å². The second-order valence-electron chi connectivity index (χ2n) is 11.6. The summed E-state index contributed by atoms with van der Waals surface area (Å²) < 4.78 is 4.82. The van der Waals surface area contributed by atoms with E-state index in [4.69, 9.17) is 4.74 Å². The molecule has 6 nitrogen and oxygen atoms in total. The molecule has 0 N–H and O–H groups in total. The quantitative estimate of drug-likeness (QED) is 0.360. The van der Waals surface area contributed by atoms with Crippen LogP contribution in [0, 0.1) is 0 Å². The summed E-state index contributed by atoms with van der Waals surface area (Å²) in [7, 11) is 1.42. The highest BCUT2D eigenvalue weighted by molar-refractivity contribution is 5.89. The van der Waals surface area contributed by atoms with Crippen molar-refractivity contribution in [3.63, 3.8) is 0 Å². The van der Waals surface area contributed by atoms with Crippen LogP contribution < -0.4 is 0 Å². The summed E-state index contributed by atoms with van der Waals surface area (Å²) in [5.74, 6) is -0.284. The average molecular weight is 541 g/mol. The Labute approximate surface area is 240 Å². The van der Waals surface area contributed by atoms with Gasteiger partial charge in [0.15, 0.2) is 0 Å². The molecule has 0 radical (unpaired) electrons. The molecular weight excluding hydrogens is 496 g/mol. The lowest BCUT2D eigenvalue weighted by molar-refractivity contribution is 0.0290. The van der Waals surface area contributed by atoms with Crippen LogP contribution in [0.4, 0.5) is 0 Å². The molecule has 0 amide bonds. The molecule has 2 fully saturated rings. The summed E-state index contributed by atoms with van der Waals surface area (Å²) in [6.07, 6.45) is 0. The van der Waals surface area contributed by atoms with Crippen molar-refractivity contribution in [2.24, 2.45) is 0 Å². The third kappa shape index (κ3) is 7.58. The first kappa shape index (κ1) is 28.5. The molecule has 2 aliphatic heterocycles. The summed E-state index contributed by atoms with van der Waals surface area (Å²) in [6, 6.07) is 28.9. The average Bonchev–Trinajstić information content (AvgIpc) is 2.97. The first-order valence-electron chi connectivity index (χ1n) is 14.7. The molecule has 6 heteroatoms. The van der Waals surface area contributed by atoms with Crippen molar-refractivity contribution < 1.29 is 9.53 Å². The zero-order valence-corrected chi connectivity index (χ0v) is 24.3. The van der Waals surface area contributed by atoms with E-state index in [1.807, 2.05) is 24.3 Å². The number of hydrogen-bond donors (Lipinski definition) is 0. The molecule has 3 aromatic carbocycles. The predicted molar refractivity (Wildman–Crippen MR) is 161 cm³/mol. The molecule has 2 heterocycles.